The summed E-state index contributed by atoms with van der Waals surface area (Å²) in [6.07, 6.45) is 0.283. The molecule has 112 valence electrons. The number of rotatable bonds is 4. The zero-order valence-electron chi connectivity index (χ0n) is 10.7. The van der Waals surface area contributed by atoms with Crippen LogP contribution in [0.3, 0.4) is 0 Å². The molecule has 20 heavy (non-hydrogen) atoms. The zero-order chi connectivity index (χ0) is 15.0. The average Bonchev–Trinajstić information content (AvgIpc) is 2.67. The number of hydrogen-bond donors (Lipinski definition) is 1. The molecule has 0 spiro atoms. The first-order chi connectivity index (χ1) is 9.23. The van der Waals surface area contributed by atoms with Crippen LogP contribution in [-0.4, -0.2) is 41.5 Å². The van der Waals surface area contributed by atoms with Crippen molar-refractivity contribution in [2.75, 3.05) is 18.6 Å². The summed E-state index contributed by atoms with van der Waals surface area (Å²) in [5.41, 5.74) is 0. The van der Waals surface area contributed by atoms with Crippen molar-refractivity contribution in [3.8, 4) is 5.75 Å². The number of benzene rings is 1. The van der Waals surface area contributed by atoms with Gasteiger partial charge in [0.05, 0.1) is 28.5 Å². The van der Waals surface area contributed by atoms with Crippen LogP contribution in [0.2, 0.25) is 5.02 Å². The van der Waals surface area contributed by atoms with Gasteiger partial charge in [-0.1, -0.05) is 11.6 Å². The highest BCUT2D eigenvalue weighted by molar-refractivity contribution is 7.92. The monoisotopic (exact) mass is 339 g/mol. The number of hydrogen-bond acceptors (Lipinski definition) is 5. The average molecular weight is 340 g/mol. The van der Waals surface area contributed by atoms with Gasteiger partial charge in [-0.3, -0.25) is 0 Å². The third-order valence-electron chi connectivity index (χ3n) is 2.99. The van der Waals surface area contributed by atoms with Gasteiger partial charge in [0.15, 0.2) is 9.84 Å². The van der Waals surface area contributed by atoms with Crippen molar-refractivity contribution in [3.05, 3.63) is 23.2 Å². The second-order valence-electron chi connectivity index (χ2n) is 4.52. The number of ether oxygens (including phenoxy) is 1. The lowest BCUT2D eigenvalue weighted by Crippen LogP contribution is -2.35. The summed E-state index contributed by atoms with van der Waals surface area (Å²) >= 11 is 5.88. The van der Waals surface area contributed by atoms with Crippen molar-refractivity contribution < 1.29 is 21.6 Å². The van der Waals surface area contributed by atoms with Crippen LogP contribution in [0.15, 0.2) is 23.1 Å². The fraction of sp³-hybridized carbons (Fsp3) is 0.455. The van der Waals surface area contributed by atoms with E-state index >= 15 is 0 Å². The van der Waals surface area contributed by atoms with Crippen molar-refractivity contribution in [2.45, 2.75) is 17.4 Å². The van der Waals surface area contributed by atoms with Crippen molar-refractivity contribution >= 4 is 31.5 Å². The maximum absolute atomic E-state index is 12.1. The van der Waals surface area contributed by atoms with Crippen LogP contribution in [-0.2, 0) is 19.9 Å². The fourth-order valence-electron chi connectivity index (χ4n) is 1.99. The van der Waals surface area contributed by atoms with Crippen molar-refractivity contribution in [3.63, 3.8) is 0 Å². The van der Waals surface area contributed by atoms with E-state index in [2.05, 4.69) is 4.72 Å². The Balaban J connectivity index is 2.21. The van der Waals surface area contributed by atoms with Crippen molar-refractivity contribution in [2.24, 2.45) is 0 Å². The standard InChI is InChI=1S/C11H14ClNO5S2/c1-18-11-3-2-9(6-10(11)12)20(16,17)13-8-4-5-19(14,15)7-8/h2-3,6,8,13H,4-5,7H2,1H3. The minimum absolute atomic E-state index is 0.00353. The molecule has 1 aliphatic heterocycles. The Kier molecular flexibility index (Phi) is 4.29. The quantitative estimate of drug-likeness (QED) is 0.877. The topological polar surface area (TPSA) is 89.5 Å². The molecule has 1 heterocycles. The Labute approximate surface area is 123 Å². The van der Waals surface area contributed by atoms with E-state index in [-0.39, 0.29) is 27.8 Å². The lowest BCUT2D eigenvalue weighted by Gasteiger charge is -2.12. The van der Waals surface area contributed by atoms with E-state index in [0.717, 1.165) is 0 Å². The molecule has 1 saturated heterocycles. The third kappa shape index (κ3) is 3.43. The summed E-state index contributed by atoms with van der Waals surface area (Å²) in [5.74, 6) is 0.203. The Hall–Kier alpha value is -0.830. The smallest absolute Gasteiger partial charge is 0.240 e. The van der Waals surface area contributed by atoms with Crippen molar-refractivity contribution in [1.82, 2.24) is 4.72 Å². The largest absolute Gasteiger partial charge is 0.495 e. The summed E-state index contributed by atoms with van der Waals surface area (Å²) in [6, 6.07) is 3.48. The zero-order valence-corrected chi connectivity index (χ0v) is 13.1. The van der Waals surface area contributed by atoms with Crippen LogP contribution < -0.4 is 9.46 Å². The molecule has 1 atom stereocenters. The van der Waals surface area contributed by atoms with Crippen molar-refractivity contribution in [1.29, 1.82) is 0 Å². The van der Waals surface area contributed by atoms with Crippen LogP contribution in [0.1, 0.15) is 6.42 Å². The highest BCUT2D eigenvalue weighted by atomic mass is 35.5. The molecule has 0 radical (unpaired) electrons. The molecule has 1 N–H and O–H groups in total. The van der Waals surface area contributed by atoms with E-state index in [0.29, 0.717) is 5.75 Å². The van der Waals surface area contributed by atoms with Crippen LogP contribution in [0, 0.1) is 0 Å². The number of nitrogens with one attached hydrogen (secondary N) is 1. The molecule has 1 unspecified atom stereocenters. The van der Waals surface area contributed by atoms with Gasteiger partial charge in [0.2, 0.25) is 10.0 Å². The maximum atomic E-state index is 12.1. The lowest BCUT2D eigenvalue weighted by molar-refractivity contribution is 0.414. The van der Waals surface area contributed by atoms with Gasteiger partial charge in [0.1, 0.15) is 5.75 Å². The van der Waals surface area contributed by atoms with Gasteiger partial charge in [0.25, 0.3) is 0 Å². The normalized spacial score (nSPS) is 21.8. The summed E-state index contributed by atoms with van der Waals surface area (Å²) < 4.78 is 54.3. The molecule has 1 aromatic carbocycles. The van der Waals surface area contributed by atoms with Gasteiger partial charge >= 0.3 is 0 Å². The van der Waals surface area contributed by atoms with E-state index < -0.39 is 25.9 Å². The molecular weight excluding hydrogens is 326 g/mol. The SMILES string of the molecule is COc1ccc(S(=O)(=O)NC2CCS(=O)(=O)C2)cc1Cl. The summed E-state index contributed by atoms with van der Waals surface area (Å²) in [6.45, 7) is 0. The molecular formula is C11H14ClNO5S2. The van der Waals surface area contributed by atoms with Gasteiger partial charge in [-0.15, -0.1) is 0 Å². The highest BCUT2D eigenvalue weighted by Gasteiger charge is 2.31. The first-order valence-electron chi connectivity index (χ1n) is 5.80. The molecule has 0 saturated carbocycles. The second-order valence-corrected chi connectivity index (χ2v) is 8.87. The molecule has 0 amide bonds. The Morgan fingerprint density at radius 2 is 2.10 bits per heavy atom. The van der Waals surface area contributed by atoms with Crippen LogP contribution in [0.4, 0.5) is 0 Å². The Bertz CT molecular complexity index is 714. The van der Waals surface area contributed by atoms with Crippen LogP contribution in [0.25, 0.3) is 0 Å². The number of sulfone groups is 1. The first kappa shape index (κ1) is 15.6. The molecule has 6 nitrogen and oxygen atoms in total. The number of halogens is 1. The first-order valence-corrected chi connectivity index (χ1v) is 9.48. The van der Waals surface area contributed by atoms with Crippen LogP contribution in [0.5, 0.6) is 5.75 Å². The van der Waals surface area contributed by atoms with E-state index in [1.54, 1.807) is 0 Å². The second kappa shape index (κ2) is 5.51. The van der Waals surface area contributed by atoms with Gasteiger partial charge in [0, 0.05) is 6.04 Å². The van der Waals surface area contributed by atoms with E-state index in [9.17, 15) is 16.8 Å². The minimum Gasteiger partial charge on any atom is -0.495 e. The van der Waals surface area contributed by atoms with Gasteiger partial charge in [-0.05, 0) is 24.6 Å². The van der Waals surface area contributed by atoms with Crippen LogP contribution >= 0.6 is 11.6 Å². The molecule has 1 aliphatic rings. The van der Waals surface area contributed by atoms with Gasteiger partial charge in [-0.25, -0.2) is 21.6 Å². The summed E-state index contributed by atoms with van der Waals surface area (Å²) in [5, 5.41) is 0.175. The van der Waals surface area contributed by atoms with Gasteiger partial charge < -0.3 is 4.74 Å². The molecule has 1 aromatic rings. The molecule has 9 heteroatoms. The predicted molar refractivity (Wildman–Crippen MR) is 75.4 cm³/mol. The third-order valence-corrected chi connectivity index (χ3v) is 6.57. The lowest BCUT2D eigenvalue weighted by atomic mass is 10.3. The number of sulfonamides is 1. The molecule has 0 bridgehead atoms. The number of methoxy groups -OCH3 is 1. The minimum atomic E-state index is -3.80. The highest BCUT2D eigenvalue weighted by Crippen LogP contribution is 2.27. The molecule has 0 aromatic heterocycles. The molecule has 1 fully saturated rings. The molecule has 2 rings (SSSR count). The van der Waals surface area contributed by atoms with Gasteiger partial charge in [-0.2, -0.15) is 0 Å². The fourth-order valence-corrected chi connectivity index (χ4v) is 5.39. The molecule has 0 aliphatic carbocycles. The predicted octanol–water partition coefficient (Wildman–Crippen LogP) is 0.814. The van der Waals surface area contributed by atoms with E-state index in [4.69, 9.17) is 16.3 Å². The Morgan fingerprint density at radius 1 is 1.40 bits per heavy atom. The van der Waals surface area contributed by atoms with E-state index in [1.807, 2.05) is 0 Å². The maximum Gasteiger partial charge on any atom is 0.240 e. The summed E-state index contributed by atoms with van der Waals surface area (Å²) in [7, 11) is -5.51. The van der Waals surface area contributed by atoms with E-state index in [1.165, 1.54) is 25.3 Å². The Morgan fingerprint density at radius 3 is 2.60 bits per heavy atom. The summed E-state index contributed by atoms with van der Waals surface area (Å²) in [4.78, 5) is -0.0207.